The molecule has 4 aromatic heterocycles. The number of aromatic amines is 4. The smallest absolute Gasteiger partial charge is 0.512 e. The maximum Gasteiger partial charge on any atom is 4.00 e. The number of rotatable bonds is 4. The summed E-state index contributed by atoms with van der Waals surface area (Å²) in [5.41, 5.74) is 4.77. The first kappa shape index (κ1) is 73.2. The molecule has 0 bridgehead atoms. The van der Waals surface area contributed by atoms with Crippen LogP contribution in [0.2, 0.25) is 0 Å². The van der Waals surface area contributed by atoms with Crippen LogP contribution in [0.25, 0.3) is 24.3 Å². The summed E-state index contributed by atoms with van der Waals surface area (Å²) in [7, 11) is 0. The molecule has 4 aromatic rings. The van der Waals surface area contributed by atoms with Gasteiger partial charge in [0.1, 0.15) is 0 Å². The van der Waals surface area contributed by atoms with Crippen molar-refractivity contribution in [1.82, 2.24) is 0 Å². The molecule has 0 atom stereocenters. The van der Waals surface area contributed by atoms with Gasteiger partial charge in [0, 0.05) is 48.5 Å². The van der Waals surface area contributed by atoms with Gasteiger partial charge < -0.3 is 117 Å². The Kier molecular flexibility index (Phi) is 116. The van der Waals surface area contributed by atoms with Gasteiger partial charge in [0.2, 0.25) is 0 Å². The number of nitrogens with zero attached hydrogens (tertiary/aromatic N) is 8. The Morgan fingerprint density at radius 2 is 0.388 bits per heavy atom. The molecule has 4 rings (SSSR count). The minimum Gasteiger partial charge on any atom is -0.512 e. The van der Waals surface area contributed by atoms with Crippen LogP contribution in [0.3, 0.4) is 0 Å². The van der Waals surface area contributed by atoms with Crippen molar-refractivity contribution in [3.63, 3.8) is 0 Å². The molecule has 49 heavy (non-hydrogen) atoms. The summed E-state index contributed by atoms with van der Waals surface area (Å²) in [6, 6.07) is 16.3. The molecular formula is C32H32MoN12O4. The monoisotopic (exact) mass is 746 g/mol. The van der Waals surface area contributed by atoms with Gasteiger partial charge in [-0.1, -0.05) is 24.3 Å². The maximum absolute atomic E-state index is 6.25. The van der Waals surface area contributed by atoms with Crippen molar-refractivity contribution in [3.8, 4) is 0 Å². The van der Waals surface area contributed by atoms with Gasteiger partial charge in [0.05, 0.1) is 0 Å². The molecule has 0 saturated carbocycles. The third-order valence-corrected chi connectivity index (χ3v) is 3.91. The molecular weight excluding hydrogens is 712 g/mol. The van der Waals surface area contributed by atoms with Crippen molar-refractivity contribution in [2.75, 3.05) is 0 Å². The summed E-state index contributed by atoms with van der Waals surface area (Å²) in [5, 5.41) is 50.0. The molecule has 0 fully saturated rings. The molecule has 12 N–H and O–H groups in total. The van der Waals surface area contributed by atoms with Crippen LogP contribution in [0.15, 0.2) is 98.1 Å². The Labute approximate surface area is 301 Å². The van der Waals surface area contributed by atoms with Gasteiger partial charge in [0.25, 0.3) is 0 Å². The number of nitrogens with one attached hydrogen (secondary N) is 4. The van der Waals surface area contributed by atoms with Gasteiger partial charge in [-0.25, -0.2) is 19.9 Å². The molecule has 0 aliphatic rings. The number of hydrogen-bond acceptors (Lipinski definition) is 8. The van der Waals surface area contributed by atoms with E-state index in [2.05, 4.69) is 44.2 Å². The molecule has 0 unspecified atom stereocenters. The zero-order chi connectivity index (χ0) is 35.3. The summed E-state index contributed by atoms with van der Waals surface area (Å²) in [5.74, 6) is 0. The number of H-pyrrole nitrogens is 4. The average Bonchev–Trinajstić information content (AvgIpc) is 3.18. The Bertz CT molecular complexity index is 1140. The van der Waals surface area contributed by atoms with Gasteiger partial charge in [0.15, 0.2) is 49.6 Å². The molecule has 250 valence electrons. The summed E-state index contributed by atoms with van der Waals surface area (Å²) in [6.07, 6.45) is 23.7. The third kappa shape index (κ3) is 50.5. The van der Waals surface area contributed by atoms with Crippen molar-refractivity contribution in [1.29, 1.82) is 42.1 Å². The standard InChI is InChI=1S/2C12H10N2.8CN.Mo.4H2O/c2*1(11-3-7-13-8-4-11)2-12-5-9-14-10-6-12;8*1-2;;;;;/h2*1-10H;;;;;;;;;;4*1H2/q;;8*-1;+4;;;;/p+4/b2*2-1+;;;;;;;;;;;;;. The van der Waals surface area contributed by atoms with Gasteiger partial charge in [-0.3, -0.25) is 0 Å². The Hall–Kier alpha value is -7.47. The van der Waals surface area contributed by atoms with E-state index >= 15 is 0 Å². The molecule has 17 heteroatoms. The fourth-order valence-electron chi connectivity index (χ4n) is 2.43. The molecule has 0 aliphatic carbocycles. The van der Waals surface area contributed by atoms with E-state index in [-0.39, 0.29) is 43.0 Å². The minimum absolute atomic E-state index is 0. The molecule has 16 nitrogen and oxygen atoms in total. The van der Waals surface area contributed by atoms with Crippen LogP contribution >= 0.6 is 0 Å². The van der Waals surface area contributed by atoms with E-state index in [9.17, 15) is 0 Å². The third-order valence-electron chi connectivity index (χ3n) is 3.91. The zero-order valence-electron chi connectivity index (χ0n) is 25.5. The summed E-state index contributed by atoms with van der Waals surface area (Å²) >= 11 is 0. The van der Waals surface area contributed by atoms with Crippen molar-refractivity contribution in [2.45, 2.75) is 0 Å². The normalized spacial score (nSPS) is 6.37. The van der Waals surface area contributed by atoms with Gasteiger partial charge >= 0.3 is 21.1 Å². The van der Waals surface area contributed by atoms with Gasteiger partial charge in [-0.05, 0) is 22.3 Å². The average molecular weight is 745 g/mol. The number of pyridine rings is 4. The zero-order valence-corrected chi connectivity index (χ0v) is 27.5. The number of hydrogen-bond donors (Lipinski definition) is 0. The van der Waals surface area contributed by atoms with E-state index < -0.39 is 0 Å². The summed E-state index contributed by atoms with van der Waals surface area (Å²) in [4.78, 5) is 12.0. The van der Waals surface area contributed by atoms with E-state index in [0.717, 1.165) is 0 Å². The largest absolute Gasteiger partial charge is 4.00 e. The van der Waals surface area contributed by atoms with E-state index in [1.165, 1.54) is 22.3 Å². The molecule has 0 spiro atoms. The van der Waals surface area contributed by atoms with Crippen LogP contribution < -0.4 is 19.9 Å². The Balaban J connectivity index is -0.0000000434. The van der Waals surface area contributed by atoms with Crippen LogP contribution in [0.5, 0.6) is 0 Å². The first-order valence-corrected chi connectivity index (χ1v) is 10.9. The number of aromatic nitrogens is 4. The van der Waals surface area contributed by atoms with Crippen LogP contribution in [-0.2, 0) is 21.1 Å². The van der Waals surface area contributed by atoms with Crippen molar-refractivity contribution >= 4 is 24.3 Å². The fraction of sp³-hybridized carbons (Fsp3) is 0. The second-order valence-corrected chi connectivity index (χ2v) is 6.00. The van der Waals surface area contributed by atoms with Crippen LogP contribution in [-0.4, -0.2) is 21.9 Å². The topological polar surface area (TPSA) is 373 Å². The Morgan fingerprint density at radius 3 is 0.490 bits per heavy atom. The van der Waals surface area contributed by atoms with Crippen molar-refractivity contribution < 1.29 is 62.9 Å². The van der Waals surface area contributed by atoms with E-state index in [1.54, 1.807) is 0 Å². The molecule has 0 aliphatic heterocycles. The van der Waals surface area contributed by atoms with Crippen LogP contribution in [0.4, 0.5) is 0 Å². The Morgan fingerprint density at radius 1 is 0.286 bits per heavy atom. The van der Waals surface area contributed by atoms with E-state index in [1.807, 2.05) is 98.1 Å². The van der Waals surface area contributed by atoms with Crippen molar-refractivity contribution in [3.05, 3.63) is 173 Å². The predicted molar refractivity (Wildman–Crippen MR) is 164 cm³/mol. The fourth-order valence-corrected chi connectivity index (χ4v) is 2.43. The van der Waals surface area contributed by atoms with E-state index in [0.29, 0.717) is 0 Å². The van der Waals surface area contributed by atoms with Crippen molar-refractivity contribution in [2.24, 2.45) is 0 Å². The molecule has 0 radical (unpaired) electrons. The quantitative estimate of drug-likeness (QED) is 0.208. The van der Waals surface area contributed by atoms with Crippen LogP contribution in [0.1, 0.15) is 22.3 Å². The first-order valence-electron chi connectivity index (χ1n) is 10.9. The maximum atomic E-state index is 6.25. The molecule has 0 amide bonds. The molecule has 4 heterocycles. The van der Waals surface area contributed by atoms with Gasteiger partial charge in [-0.2, -0.15) is 0 Å². The van der Waals surface area contributed by atoms with E-state index in [4.69, 9.17) is 94.7 Å². The predicted octanol–water partition coefficient (Wildman–Crippen LogP) is 0.440. The SMILES string of the molecule is C(=C\c1cc[nH+]cc1)/c1cc[nH+]cc1.C(=C\c1cc[nH+]cc1)/c1cc[nH+]cc1.O.O.O.O.[C-]#N.[C-]#N.[C-]#N.[C-]#N.[C-]#N.[C-]#N.[C-]#N.[C-]#N.[Mo+4]. The minimum atomic E-state index is 0. The first-order chi connectivity index (χ1) is 21.9. The van der Waals surface area contributed by atoms with Crippen LogP contribution in [0, 0.1) is 94.7 Å². The molecule has 0 saturated heterocycles. The summed E-state index contributed by atoms with van der Waals surface area (Å²) < 4.78 is 0. The summed E-state index contributed by atoms with van der Waals surface area (Å²) in [6.45, 7) is 38.0. The second-order valence-electron chi connectivity index (χ2n) is 6.00. The molecule has 0 aromatic carbocycles. The second kappa shape index (κ2) is 77.8. The van der Waals surface area contributed by atoms with Gasteiger partial charge in [-0.15, -0.1) is 0 Å².